The van der Waals surface area contributed by atoms with Crippen molar-refractivity contribution in [2.75, 3.05) is 13.2 Å². The lowest BCUT2D eigenvalue weighted by atomic mass is 9.96. The molecular formula is C18H18F4O7. The smallest absolute Gasteiger partial charge is 0.460 e. The Morgan fingerprint density at radius 3 is 2.10 bits per heavy atom. The number of carbonyl (C=O) groups excluding carboxylic acids is 3. The molecule has 1 unspecified atom stereocenters. The molecule has 1 N–H and O–H groups in total. The van der Waals surface area contributed by atoms with Crippen molar-refractivity contribution in [2.45, 2.75) is 31.5 Å². The molecule has 0 radical (unpaired) electrons. The summed E-state index contributed by atoms with van der Waals surface area (Å²) in [5.41, 5.74) is -2.29. The van der Waals surface area contributed by atoms with Crippen molar-refractivity contribution >= 4 is 17.7 Å². The number of rotatable bonds is 9. The van der Waals surface area contributed by atoms with Crippen LogP contribution in [0.5, 0.6) is 5.75 Å². The number of ether oxygens (including phenoxy) is 3. The van der Waals surface area contributed by atoms with E-state index in [4.69, 9.17) is 14.6 Å². The molecule has 11 heteroatoms. The quantitative estimate of drug-likeness (QED) is 0.215. The van der Waals surface area contributed by atoms with Crippen molar-refractivity contribution < 1.29 is 51.3 Å². The SMILES string of the molecule is C=CC(=O)OCCOc1ccc(C(=O)C(C)(C)OC(=O)C(O)(F)C(F)(F)F)cc1. The second kappa shape index (κ2) is 9.03. The Balaban J connectivity index is 2.75. The molecule has 160 valence electrons. The molecule has 0 saturated carbocycles. The summed E-state index contributed by atoms with van der Waals surface area (Å²) >= 11 is 0. The summed E-state index contributed by atoms with van der Waals surface area (Å²) in [5.74, 6) is -9.21. The molecule has 1 aromatic carbocycles. The molecule has 1 aromatic rings. The summed E-state index contributed by atoms with van der Waals surface area (Å²) in [7, 11) is 0. The van der Waals surface area contributed by atoms with E-state index < -0.39 is 35.4 Å². The van der Waals surface area contributed by atoms with Crippen molar-refractivity contribution in [3.8, 4) is 5.75 Å². The number of carbonyl (C=O) groups is 3. The van der Waals surface area contributed by atoms with Crippen LogP contribution in [0.3, 0.4) is 0 Å². The molecule has 0 heterocycles. The van der Waals surface area contributed by atoms with E-state index in [9.17, 15) is 31.9 Å². The number of esters is 2. The third-order valence-electron chi connectivity index (χ3n) is 3.42. The Hall–Kier alpha value is -2.95. The maximum atomic E-state index is 13.3. The van der Waals surface area contributed by atoms with Crippen LogP contribution in [0.4, 0.5) is 17.6 Å². The minimum absolute atomic E-state index is 0.00248. The van der Waals surface area contributed by atoms with Crippen molar-refractivity contribution in [3.63, 3.8) is 0 Å². The van der Waals surface area contributed by atoms with Crippen LogP contribution in [0.1, 0.15) is 24.2 Å². The first-order valence-corrected chi connectivity index (χ1v) is 8.00. The van der Waals surface area contributed by atoms with Crippen LogP contribution in [0, 0.1) is 0 Å². The third-order valence-corrected chi connectivity index (χ3v) is 3.42. The van der Waals surface area contributed by atoms with Crippen LogP contribution >= 0.6 is 0 Å². The lowest BCUT2D eigenvalue weighted by molar-refractivity contribution is -0.310. The predicted molar refractivity (Wildman–Crippen MR) is 89.7 cm³/mol. The molecule has 0 fully saturated rings. The lowest BCUT2D eigenvalue weighted by Gasteiger charge is -2.28. The summed E-state index contributed by atoms with van der Waals surface area (Å²) in [6.45, 7) is 5.05. The summed E-state index contributed by atoms with van der Waals surface area (Å²) in [6.07, 6.45) is -4.95. The number of aliphatic hydroxyl groups is 1. The van der Waals surface area contributed by atoms with Crippen LogP contribution < -0.4 is 4.74 Å². The fourth-order valence-corrected chi connectivity index (χ4v) is 1.87. The first-order valence-electron chi connectivity index (χ1n) is 8.00. The molecule has 7 nitrogen and oxygen atoms in total. The zero-order chi connectivity index (χ0) is 22.5. The molecule has 0 spiro atoms. The number of benzene rings is 1. The van der Waals surface area contributed by atoms with E-state index in [1.165, 1.54) is 24.3 Å². The van der Waals surface area contributed by atoms with Crippen LogP contribution in [-0.2, 0) is 19.1 Å². The Bertz CT molecular complexity index is 767. The number of hydrogen-bond donors (Lipinski definition) is 1. The normalized spacial score (nSPS) is 13.8. The van der Waals surface area contributed by atoms with Gasteiger partial charge >= 0.3 is 24.0 Å². The van der Waals surface area contributed by atoms with Gasteiger partial charge in [0.25, 0.3) is 0 Å². The molecule has 0 aliphatic rings. The molecule has 0 aliphatic heterocycles. The van der Waals surface area contributed by atoms with E-state index in [1.54, 1.807) is 0 Å². The zero-order valence-electron chi connectivity index (χ0n) is 15.4. The highest BCUT2D eigenvalue weighted by Crippen LogP contribution is 2.34. The molecule has 0 amide bonds. The van der Waals surface area contributed by atoms with Gasteiger partial charge in [0.05, 0.1) is 0 Å². The summed E-state index contributed by atoms with van der Waals surface area (Å²) in [4.78, 5) is 34.6. The topological polar surface area (TPSA) is 99.1 Å². The van der Waals surface area contributed by atoms with Gasteiger partial charge in [0.2, 0.25) is 5.78 Å². The minimum Gasteiger partial charge on any atom is -0.490 e. The number of Topliss-reactive ketones (excluding diaryl/α,β-unsaturated/α-hetero) is 1. The standard InChI is InChI=1S/C18H18F4O7/c1-4-13(23)28-10-9-27-12-7-5-11(6-8-12)14(24)16(2,3)29-15(25)17(19,26)18(20,21)22/h4-8,26H,1,9-10H2,2-3H3. The number of alkyl halides is 4. The van der Waals surface area contributed by atoms with Crippen molar-refractivity contribution in [3.05, 3.63) is 42.5 Å². The number of ketones is 1. The van der Waals surface area contributed by atoms with E-state index in [2.05, 4.69) is 11.3 Å². The van der Waals surface area contributed by atoms with Gasteiger partial charge in [-0.15, -0.1) is 0 Å². The largest absolute Gasteiger partial charge is 0.490 e. The van der Waals surface area contributed by atoms with Gasteiger partial charge in [0.15, 0.2) is 5.60 Å². The highest BCUT2D eigenvalue weighted by molar-refractivity contribution is 6.03. The van der Waals surface area contributed by atoms with Gasteiger partial charge in [-0.2, -0.15) is 17.6 Å². The van der Waals surface area contributed by atoms with E-state index in [0.717, 1.165) is 19.9 Å². The van der Waals surface area contributed by atoms with Gasteiger partial charge in [-0.25, -0.2) is 9.59 Å². The summed E-state index contributed by atoms with van der Waals surface area (Å²) in [6, 6.07) is 5.13. The molecule has 1 atom stereocenters. The highest BCUT2D eigenvalue weighted by Gasteiger charge is 2.63. The Labute approximate surface area is 162 Å². The number of hydrogen-bond acceptors (Lipinski definition) is 7. The van der Waals surface area contributed by atoms with Crippen LogP contribution in [0.25, 0.3) is 0 Å². The monoisotopic (exact) mass is 422 g/mol. The van der Waals surface area contributed by atoms with Crippen LogP contribution in [-0.4, -0.2) is 53.7 Å². The predicted octanol–water partition coefficient (Wildman–Crippen LogP) is 2.52. The van der Waals surface area contributed by atoms with E-state index >= 15 is 0 Å². The van der Waals surface area contributed by atoms with Gasteiger partial charge in [0.1, 0.15) is 19.0 Å². The number of halogens is 4. The average molecular weight is 422 g/mol. The minimum atomic E-state index is -5.93. The average Bonchev–Trinajstić information content (AvgIpc) is 2.63. The highest BCUT2D eigenvalue weighted by atomic mass is 19.4. The summed E-state index contributed by atoms with van der Waals surface area (Å²) < 4.78 is 64.5. The third kappa shape index (κ3) is 6.28. The molecule has 0 bridgehead atoms. The maximum Gasteiger partial charge on any atom is 0.460 e. The van der Waals surface area contributed by atoms with Gasteiger partial charge < -0.3 is 19.3 Å². The van der Waals surface area contributed by atoms with Gasteiger partial charge in [0, 0.05) is 11.6 Å². The van der Waals surface area contributed by atoms with Crippen LogP contribution in [0.2, 0.25) is 0 Å². The second-order valence-electron chi connectivity index (χ2n) is 6.09. The zero-order valence-corrected chi connectivity index (χ0v) is 15.4. The van der Waals surface area contributed by atoms with Crippen molar-refractivity contribution in [1.82, 2.24) is 0 Å². The molecule has 0 aromatic heterocycles. The van der Waals surface area contributed by atoms with E-state index in [0.29, 0.717) is 0 Å². The second-order valence-corrected chi connectivity index (χ2v) is 6.09. The fourth-order valence-electron chi connectivity index (χ4n) is 1.87. The Morgan fingerprint density at radius 2 is 1.62 bits per heavy atom. The Kier molecular flexibility index (Phi) is 7.50. The van der Waals surface area contributed by atoms with Crippen molar-refractivity contribution in [1.29, 1.82) is 0 Å². The lowest BCUT2D eigenvalue weighted by Crippen LogP contribution is -2.52. The van der Waals surface area contributed by atoms with Crippen LogP contribution in [0.15, 0.2) is 36.9 Å². The molecule has 0 aliphatic carbocycles. The first-order chi connectivity index (χ1) is 13.2. The maximum absolute atomic E-state index is 13.3. The summed E-state index contributed by atoms with van der Waals surface area (Å²) in [5, 5.41) is 8.69. The molecule has 29 heavy (non-hydrogen) atoms. The van der Waals surface area contributed by atoms with Gasteiger partial charge in [-0.05, 0) is 38.1 Å². The van der Waals surface area contributed by atoms with Gasteiger partial charge in [-0.1, -0.05) is 6.58 Å². The fraction of sp³-hybridized carbons (Fsp3) is 0.389. The van der Waals surface area contributed by atoms with E-state index in [1.807, 2.05) is 0 Å². The molecular weight excluding hydrogens is 404 g/mol. The van der Waals surface area contributed by atoms with Gasteiger partial charge in [-0.3, -0.25) is 4.79 Å². The first kappa shape index (κ1) is 24.1. The molecule has 0 saturated heterocycles. The van der Waals surface area contributed by atoms with E-state index in [-0.39, 0.29) is 24.5 Å². The van der Waals surface area contributed by atoms with Crippen molar-refractivity contribution in [2.24, 2.45) is 0 Å². The Morgan fingerprint density at radius 1 is 1.07 bits per heavy atom. The molecule has 1 rings (SSSR count).